The van der Waals surface area contributed by atoms with E-state index in [2.05, 4.69) is 68.5 Å². The first-order valence-corrected chi connectivity index (χ1v) is 21.9. The number of carbonyl (C=O) groups excluding carboxylic acids is 2. The van der Waals surface area contributed by atoms with Gasteiger partial charge in [0.15, 0.2) is 18.1 Å². The minimum absolute atomic E-state index is 0. The Morgan fingerprint density at radius 2 is 1.44 bits per heavy atom. The number of halogens is 1. The summed E-state index contributed by atoms with van der Waals surface area (Å²) in [4.78, 5) is 24.3. The summed E-state index contributed by atoms with van der Waals surface area (Å²) in [6, 6.07) is 19.3. The Morgan fingerprint density at radius 3 is 2.08 bits per heavy atom. The molecule has 0 unspecified atom stereocenters. The SMILES string of the molecule is CCC(=O)Nc1ccc2cc(S(=O)(=O)[O-])c(N=Nc3ccc(OCCOc4cc(NC(=O)COc5ccc(C(C)(C)CC)cc5C(C)(C)CC)c(O)c(Cl)c4C)cc3)c(O)c2c1.[Na+]. The van der Waals surface area contributed by atoms with Crippen molar-refractivity contribution in [3.8, 4) is 28.7 Å². The van der Waals surface area contributed by atoms with Gasteiger partial charge in [-0.05, 0) is 90.1 Å². The summed E-state index contributed by atoms with van der Waals surface area (Å²) in [7, 11) is -5.07. The fourth-order valence-electron chi connectivity index (χ4n) is 6.27. The van der Waals surface area contributed by atoms with E-state index in [0.717, 1.165) is 24.5 Å². The molecule has 5 aromatic carbocycles. The van der Waals surface area contributed by atoms with E-state index in [0.29, 0.717) is 28.5 Å². The Kier molecular flexibility index (Phi) is 17.1. The first-order chi connectivity index (χ1) is 29.2. The smallest absolute Gasteiger partial charge is 0.744 e. The van der Waals surface area contributed by atoms with E-state index >= 15 is 0 Å². The number of benzene rings is 5. The van der Waals surface area contributed by atoms with Gasteiger partial charge in [0, 0.05) is 34.7 Å². The van der Waals surface area contributed by atoms with Crippen LogP contribution in [-0.2, 0) is 30.5 Å². The minimum atomic E-state index is -5.07. The number of hydrogen-bond acceptors (Lipinski definition) is 12. The van der Waals surface area contributed by atoms with Crippen LogP contribution in [0.25, 0.3) is 10.8 Å². The molecule has 0 atom stereocenters. The van der Waals surface area contributed by atoms with Gasteiger partial charge in [0.2, 0.25) is 5.91 Å². The predicted octanol–water partition coefficient (Wildman–Crippen LogP) is 7.74. The maximum absolute atomic E-state index is 13.1. The van der Waals surface area contributed by atoms with Crippen LogP contribution in [0.2, 0.25) is 5.02 Å². The van der Waals surface area contributed by atoms with Gasteiger partial charge in [-0.1, -0.05) is 78.3 Å². The molecule has 330 valence electrons. The van der Waals surface area contributed by atoms with Crippen molar-refractivity contribution in [2.75, 3.05) is 30.5 Å². The van der Waals surface area contributed by atoms with Crippen molar-refractivity contribution < 1.29 is 76.5 Å². The van der Waals surface area contributed by atoms with Gasteiger partial charge in [-0.25, -0.2) is 8.42 Å². The summed E-state index contributed by atoms with van der Waals surface area (Å²) < 4.78 is 54.2. The number of aromatic hydroxyl groups is 2. The van der Waals surface area contributed by atoms with Crippen LogP contribution in [0.5, 0.6) is 28.7 Å². The number of carbonyl (C=O) groups is 2. The molecule has 0 aromatic heterocycles. The van der Waals surface area contributed by atoms with Gasteiger partial charge in [-0.2, -0.15) is 5.11 Å². The predicted molar refractivity (Wildman–Crippen MR) is 239 cm³/mol. The summed E-state index contributed by atoms with van der Waals surface area (Å²) in [5.41, 5.74) is 2.53. The third kappa shape index (κ3) is 12.4. The van der Waals surface area contributed by atoms with Crippen molar-refractivity contribution in [1.29, 1.82) is 0 Å². The van der Waals surface area contributed by atoms with Gasteiger partial charge in [-0.15, -0.1) is 5.11 Å². The molecule has 0 heterocycles. The first kappa shape index (κ1) is 50.7. The van der Waals surface area contributed by atoms with Gasteiger partial charge >= 0.3 is 29.6 Å². The standard InChI is InChI=1S/C46H53ClN4O10S.Na/c1-9-39(52)48-31-14-12-28-22-38(62(56,57)58)42(43(54)33(28)24-31)51-50-30-15-17-32(18-16-30)59-20-21-60-37-25-35(44(55)41(47)27(37)4)49-40(53)26-61-36-19-13-29(45(5,6)10-2)23-34(36)46(7,8)11-3;/h12-19,22-25,54-55H,9-11,20-21,26H2,1-8H3,(H,48,52)(H,49,53)(H,56,57,58);/q;+1/p-1. The molecule has 63 heavy (non-hydrogen) atoms. The number of phenolic OH excluding ortho intramolecular Hbond substituents is 2. The quantitative estimate of drug-likeness (QED) is 0.0221. The first-order valence-electron chi connectivity index (χ1n) is 20.1. The van der Waals surface area contributed by atoms with Gasteiger partial charge < -0.3 is 39.6 Å². The largest absolute Gasteiger partial charge is 1.00 e. The molecule has 5 aromatic rings. The average Bonchev–Trinajstić information content (AvgIpc) is 3.24. The van der Waals surface area contributed by atoms with Gasteiger partial charge in [0.05, 0.1) is 21.3 Å². The molecule has 0 radical (unpaired) electrons. The fourth-order valence-corrected chi connectivity index (χ4v) is 7.11. The van der Waals surface area contributed by atoms with Gasteiger partial charge in [0.25, 0.3) is 5.91 Å². The Bertz CT molecular complexity index is 2620. The van der Waals surface area contributed by atoms with E-state index in [1.165, 1.54) is 42.0 Å². The van der Waals surface area contributed by atoms with Crippen LogP contribution in [0, 0.1) is 6.92 Å². The number of rotatable bonds is 18. The maximum Gasteiger partial charge on any atom is 1.00 e. The van der Waals surface area contributed by atoms with Crippen LogP contribution in [0.1, 0.15) is 84.4 Å². The molecule has 0 saturated carbocycles. The second-order valence-electron chi connectivity index (χ2n) is 16.0. The third-order valence-corrected chi connectivity index (χ3v) is 12.3. The molecule has 17 heteroatoms. The number of azo groups is 1. The molecule has 0 bridgehead atoms. The van der Waals surface area contributed by atoms with Crippen LogP contribution < -0.4 is 54.4 Å². The number of ether oxygens (including phenoxy) is 3. The number of amides is 2. The van der Waals surface area contributed by atoms with Crippen molar-refractivity contribution in [2.24, 2.45) is 10.2 Å². The van der Waals surface area contributed by atoms with Crippen molar-refractivity contribution in [3.63, 3.8) is 0 Å². The summed E-state index contributed by atoms with van der Waals surface area (Å²) in [6.45, 7) is 16.1. The molecule has 0 aliphatic carbocycles. The van der Waals surface area contributed by atoms with Crippen LogP contribution in [0.15, 0.2) is 87.9 Å². The normalized spacial score (nSPS) is 11.9. The molecular weight excluding hydrogens is 859 g/mol. The van der Waals surface area contributed by atoms with E-state index in [1.54, 1.807) is 26.0 Å². The second-order valence-corrected chi connectivity index (χ2v) is 17.7. The van der Waals surface area contributed by atoms with Crippen molar-refractivity contribution in [2.45, 2.75) is 90.4 Å². The zero-order valence-electron chi connectivity index (χ0n) is 37.0. The van der Waals surface area contributed by atoms with Crippen LogP contribution in [0.3, 0.4) is 0 Å². The number of phenols is 2. The number of nitrogens with zero attached hydrogens (tertiary/aromatic N) is 2. The second kappa shape index (κ2) is 21.2. The van der Waals surface area contributed by atoms with Crippen molar-refractivity contribution in [3.05, 3.63) is 94.5 Å². The summed E-state index contributed by atoms with van der Waals surface area (Å²) in [5, 5.41) is 35.5. The molecule has 2 amide bonds. The average molecular weight is 911 g/mol. The number of hydrogen-bond donors (Lipinski definition) is 4. The molecule has 0 aliphatic rings. The molecule has 5 rings (SSSR count). The minimum Gasteiger partial charge on any atom is -0.744 e. The van der Waals surface area contributed by atoms with Crippen molar-refractivity contribution >= 4 is 67.1 Å². The molecule has 0 saturated heterocycles. The molecular formula is C46H52ClN4NaO10S. The molecule has 0 fully saturated rings. The van der Waals surface area contributed by atoms with E-state index in [4.69, 9.17) is 25.8 Å². The summed E-state index contributed by atoms with van der Waals surface area (Å²) in [5.74, 6) is -0.340. The van der Waals surface area contributed by atoms with E-state index in [9.17, 15) is 32.8 Å². The zero-order valence-corrected chi connectivity index (χ0v) is 40.6. The number of nitrogens with one attached hydrogen (secondary N) is 2. The van der Waals surface area contributed by atoms with Crippen LogP contribution >= 0.6 is 11.6 Å². The summed E-state index contributed by atoms with van der Waals surface area (Å²) >= 11 is 6.44. The molecule has 0 aliphatic heterocycles. The fraction of sp³-hybridized carbons (Fsp3) is 0.348. The molecule has 14 nitrogen and oxygen atoms in total. The van der Waals surface area contributed by atoms with Crippen molar-refractivity contribution in [1.82, 2.24) is 0 Å². The Balaban J connectivity index is 0.00000871. The number of anilines is 2. The van der Waals surface area contributed by atoms with E-state index in [1.807, 2.05) is 12.1 Å². The van der Waals surface area contributed by atoms with Gasteiger partial charge in [-0.3, -0.25) is 9.59 Å². The molecule has 4 N–H and O–H groups in total. The maximum atomic E-state index is 13.1. The summed E-state index contributed by atoms with van der Waals surface area (Å²) in [6.07, 6.45) is 2.05. The Labute approximate surface area is 395 Å². The van der Waals surface area contributed by atoms with Gasteiger partial charge in [0.1, 0.15) is 46.3 Å². The number of fused-ring (bicyclic) bond motifs is 1. The monoisotopic (exact) mass is 910 g/mol. The molecule has 0 spiro atoms. The Morgan fingerprint density at radius 1 is 0.778 bits per heavy atom. The zero-order chi connectivity index (χ0) is 45.6. The third-order valence-electron chi connectivity index (χ3n) is 11.0. The van der Waals surface area contributed by atoms with E-state index in [-0.39, 0.29) is 105 Å². The van der Waals surface area contributed by atoms with Crippen LogP contribution in [-0.4, -0.2) is 54.8 Å². The topological polar surface area (TPSA) is 208 Å². The van der Waals surface area contributed by atoms with Crippen LogP contribution in [0.4, 0.5) is 22.7 Å². The Hall–Kier alpha value is -4.90. The van der Waals surface area contributed by atoms with E-state index < -0.39 is 32.4 Å².